The molecule has 2 aromatic rings. The van der Waals surface area contributed by atoms with E-state index in [0.29, 0.717) is 11.0 Å². The Kier molecular flexibility index (Phi) is 2.41. The molecule has 2 aromatic heterocycles. The SMILES string of the molecule is Cc1ccncc1-c1nccc(Cl)n1. The zero-order valence-electron chi connectivity index (χ0n) is 7.61. The Morgan fingerprint density at radius 1 is 1.21 bits per heavy atom. The van der Waals surface area contributed by atoms with Crippen LogP contribution in [0.5, 0.6) is 0 Å². The lowest BCUT2D eigenvalue weighted by molar-refractivity contribution is 1.15. The first-order valence-corrected chi connectivity index (χ1v) is 4.55. The minimum absolute atomic E-state index is 0.443. The van der Waals surface area contributed by atoms with Crippen LogP contribution in [0.25, 0.3) is 11.4 Å². The van der Waals surface area contributed by atoms with Gasteiger partial charge in [0, 0.05) is 24.2 Å². The number of pyridine rings is 1. The molecular weight excluding hydrogens is 198 g/mol. The van der Waals surface area contributed by atoms with Crippen molar-refractivity contribution in [1.29, 1.82) is 0 Å². The van der Waals surface area contributed by atoms with Crippen LogP contribution in [0.2, 0.25) is 5.15 Å². The molecule has 0 radical (unpaired) electrons. The van der Waals surface area contributed by atoms with Crippen LogP contribution >= 0.6 is 11.6 Å². The summed E-state index contributed by atoms with van der Waals surface area (Å²) in [7, 11) is 0. The Morgan fingerprint density at radius 3 is 2.79 bits per heavy atom. The lowest BCUT2D eigenvalue weighted by Gasteiger charge is -2.02. The molecule has 0 bridgehead atoms. The monoisotopic (exact) mass is 205 g/mol. The molecule has 0 aliphatic heterocycles. The first-order chi connectivity index (χ1) is 6.77. The van der Waals surface area contributed by atoms with Crippen LogP contribution in [0, 0.1) is 6.92 Å². The minimum atomic E-state index is 0.443. The summed E-state index contributed by atoms with van der Waals surface area (Å²) in [6, 6.07) is 3.57. The van der Waals surface area contributed by atoms with E-state index in [4.69, 9.17) is 11.6 Å². The van der Waals surface area contributed by atoms with Gasteiger partial charge in [-0.15, -0.1) is 0 Å². The number of hydrogen-bond acceptors (Lipinski definition) is 3. The lowest BCUT2D eigenvalue weighted by atomic mass is 10.1. The van der Waals surface area contributed by atoms with Gasteiger partial charge in [0.1, 0.15) is 5.15 Å². The highest BCUT2D eigenvalue weighted by atomic mass is 35.5. The second-order valence-corrected chi connectivity index (χ2v) is 3.28. The normalized spacial score (nSPS) is 10.1. The van der Waals surface area contributed by atoms with E-state index in [1.54, 1.807) is 24.7 Å². The molecule has 0 aliphatic rings. The highest BCUT2D eigenvalue weighted by Gasteiger charge is 2.04. The molecule has 0 unspecified atom stereocenters. The van der Waals surface area contributed by atoms with Gasteiger partial charge in [-0.05, 0) is 24.6 Å². The van der Waals surface area contributed by atoms with Gasteiger partial charge in [0.2, 0.25) is 0 Å². The van der Waals surface area contributed by atoms with Gasteiger partial charge in [0.15, 0.2) is 5.82 Å². The molecule has 14 heavy (non-hydrogen) atoms. The molecule has 0 N–H and O–H groups in total. The maximum atomic E-state index is 5.78. The van der Waals surface area contributed by atoms with Crippen LogP contribution in [0.3, 0.4) is 0 Å². The minimum Gasteiger partial charge on any atom is -0.264 e. The van der Waals surface area contributed by atoms with Crippen LogP contribution in [0.1, 0.15) is 5.56 Å². The molecule has 70 valence electrons. The molecular formula is C10H8ClN3. The zero-order valence-corrected chi connectivity index (χ0v) is 8.36. The van der Waals surface area contributed by atoms with E-state index in [1.165, 1.54) is 0 Å². The Labute approximate surface area is 86.8 Å². The summed E-state index contributed by atoms with van der Waals surface area (Å²) in [4.78, 5) is 12.3. The van der Waals surface area contributed by atoms with Crippen molar-refractivity contribution in [3.05, 3.63) is 41.4 Å². The summed E-state index contributed by atoms with van der Waals surface area (Å²) in [5.74, 6) is 0.614. The maximum absolute atomic E-state index is 5.78. The van der Waals surface area contributed by atoms with Crippen molar-refractivity contribution in [1.82, 2.24) is 15.0 Å². The van der Waals surface area contributed by atoms with Crippen molar-refractivity contribution in [3.63, 3.8) is 0 Å². The fourth-order valence-corrected chi connectivity index (χ4v) is 1.30. The van der Waals surface area contributed by atoms with Gasteiger partial charge in [-0.3, -0.25) is 4.98 Å². The second kappa shape index (κ2) is 3.72. The predicted octanol–water partition coefficient (Wildman–Crippen LogP) is 2.50. The van der Waals surface area contributed by atoms with E-state index in [-0.39, 0.29) is 0 Å². The van der Waals surface area contributed by atoms with Crippen LogP contribution < -0.4 is 0 Å². The van der Waals surface area contributed by atoms with E-state index in [2.05, 4.69) is 15.0 Å². The standard InChI is InChI=1S/C10H8ClN3/c1-7-2-4-12-6-8(7)10-13-5-3-9(11)14-10/h2-6H,1H3. The highest BCUT2D eigenvalue weighted by Crippen LogP contribution is 2.18. The predicted molar refractivity (Wildman–Crippen MR) is 55.0 cm³/mol. The summed E-state index contributed by atoms with van der Waals surface area (Å²) in [5.41, 5.74) is 2.00. The summed E-state index contributed by atoms with van der Waals surface area (Å²) in [6.45, 7) is 1.99. The number of rotatable bonds is 1. The number of hydrogen-bond donors (Lipinski definition) is 0. The van der Waals surface area contributed by atoms with Crippen LogP contribution in [-0.4, -0.2) is 15.0 Å². The van der Waals surface area contributed by atoms with E-state index >= 15 is 0 Å². The average molecular weight is 206 g/mol. The van der Waals surface area contributed by atoms with Crippen molar-refractivity contribution < 1.29 is 0 Å². The summed E-state index contributed by atoms with van der Waals surface area (Å²) < 4.78 is 0. The largest absolute Gasteiger partial charge is 0.264 e. The van der Waals surface area contributed by atoms with Gasteiger partial charge < -0.3 is 0 Å². The van der Waals surface area contributed by atoms with E-state index in [0.717, 1.165) is 11.1 Å². The molecule has 0 spiro atoms. The van der Waals surface area contributed by atoms with Gasteiger partial charge >= 0.3 is 0 Å². The molecule has 2 heterocycles. The zero-order chi connectivity index (χ0) is 9.97. The van der Waals surface area contributed by atoms with Gasteiger partial charge in [0.25, 0.3) is 0 Å². The van der Waals surface area contributed by atoms with Gasteiger partial charge in [0.05, 0.1) is 0 Å². The molecule has 0 atom stereocenters. The Hall–Kier alpha value is -1.48. The molecule has 0 amide bonds. The third-order valence-electron chi connectivity index (χ3n) is 1.90. The molecule has 2 rings (SSSR count). The molecule has 0 saturated carbocycles. The number of nitrogens with zero attached hydrogens (tertiary/aromatic N) is 3. The van der Waals surface area contributed by atoms with Crippen molar-refractivity contribution >= 4 is 11.6 Å². The van der Waals surface area contributed by atoms with Crippen LogP contribution in [-0.2, 0) is 0 Å². The third-order valence-corrected chi connectivity index (χ3v) is 2.11. The quantitative estimate of drug-likeness (QED) is 0.672. The van der Waals surface area contributed by atoms with Gasteiger partial charge in [-0.25, -0.2) is 9.97 Å². The van der Waals surface area contributed by atoms with Crippen molar-refractivity contribution in [2.45, 2.75) is 6.92 Å². The first-order valence-electron chi connectivity index (χ1n) is 4.17. The molecule has 3 nitrogen and oxygen atoms in total. The summed E-state index contributed by atoms with van der Waals surface area (Å²) in [6.07, 6.45) is 5.11. The van der Waals surface area contributed by atoms with Crippen molar-refractivity contribution in [3.8, 4) is 11.4 Å². The Bertz CT molecular complexity index is 457. The Balaban J connectivity index is 2.55. The third kappa shape index (κ3) is 1.72. The average Bonchev–Trinajstić information content (AvgIpc) is 2.18. The van der Waals surface area contributed by atoms with Crippen LogP contribution in [0.15, 0.2) is 30.7 Å². The topological polar surface area (TPSA) is 38.7 Å². The molecule has 0 aromatic carbocycles. The smallest absolute Gasteiger partial charge is 0.162 e. The van der Waals surface area contributed by atoms with E-state index < -0.39 is 0 Å². The van der Waals surface area contributed by atoms with Gasteiger partial charge in [-0.1, -0.05) is 11.6 Å². The molecule has 0 saturated heterocycles. The molecule has 4 heteroatoms. The van der Waals surface area contributed by atoms with Crippen molar-refractivity contribution in [2.75, 3.05) is 0 Å². The van der Waals surface area contributed by atoms with E-state index in [9.17, 15) is 0 Å². The van der Waals surface area contributed by atoms with Crippen LogP contribution in [0.4, 0.5) is 0 Å². The molecule has 0 aliphatic carbocycles. The van der Waals surface area contributed by atoms with Crippen molar-refractivity contribution in [2.24, 2.45) is 0 Å². The molecule has 0 fully saturated rings. The Morgan fingerprint density at radius 2 is 2.07 bits per heavy atom. The summed E-state index contributed by atoms with van der Waals surface area (Å²) >= 11 is 5.78. The lowest BCUT2D eigenvalue weighted by Crippen LogP contribution is -1.91. The fourth-order valence-electron chi connectivity index (χ4n) is 1.16. The number of aryl methyl sites for hydroxylation is 1. The first kappa shape index (κ1) is 9.09. The fraction of sp³-hybridized carbons (Fsp3) is 0.100. The second-order valence-electron chi connectivity index (χ2n) is 2.89. The number of halogens is 1. The van der Waals surface area contributed by atoms with Gasteiger partial charge in [-0.2, -0.15) is 0 Å². The van der Waals surface area contributed by atoms with E-state index in [1.807, 2.05) is 13.0 Å². The summed E-state index contributed by atoms with van der Waals surface area (Å²) in [5, 5.41) is 0.443. The number of aromatic nitrogens is 3. The highest BCUT2D eigenvalue weighted by molar-refractivity contribution is 6.29. The maximum Gasteiger partial charge on any atom is 0.162 e.